The van der Waals surface area contributed by atoms with Gasteiger partial charge in [0, 0.05) is 0 Å². The van der Waals surface area contributed by atoms with Gasteiger partial charge in [-0.05, 0) is 5.92 Å². The van der Waals surface area contributed by atoms with Gasteiger partial charge < -0.3 is 0 Å². The van der Waals surface area contributed by atoms with Crippen LogP contribution in [0.25, 0.3) is 0 Å². The maximum absolute atomic E-state index is 3.38. The second-order valence-corrected chi connectivity index (χ2v) is 2.36. The third-order valence-corrected chi connectivity index (χ3v) is 1.09. The van der Waals surface area contributed by atoms with E-state index >= 15 is 0 Å². The maximum atomic E-state index is 3.38. The van der Waals surface area contributed by atoms with Crippen molar-refractivity contribution in [3.8, 4) is 0 Å². The van der Waals surface area contributed by atoms with Gasteiger partial charge in [0.1, 0.15) is 0 Å². The lowest BCUT2D eigenvalue weighted by molar-refractivity contribution is 0.626. The molecule has 4 heteroatoms. The number of hydrogen-bond acceptors (Lipinski definition) is 3. The van der Waals surface area contributed by atoms with Gasteiger partial charge in [0.2, 0.25) is 0 Å². The van der Waals surface area contributed by atoms with Crippen molar-refractivity contribution in [1.29, 1.82) is 0 Å². The van der Waals surface area contributed by atoms with Crippen molar-refractivity contribution in [3.63, 3.8) is 0 Å². The van der Waals surface area contributed by atoms with Gasteiger partial charge in [-0.1, -0.05) is 32.4 Å². The lowest BCUT2D eigenvalue weighted by Crippen LogP contribution is -1.77. The van der Waals surface area contributed by atoms with Crippen molar-refractivity contribution in [2.45, 2.75) is 27.2 Å². The molecule has 0 atom stereocenters. The molecule has 1 heterocycles. The number of H-pyrrole nitrogens is 1. The van der Waals surface area contributed by atoms with Crippen LogP contribution in [-0.2, 0) is 0 Å². The van der Waals surface area contributed by atoms with E-state index < -0.39 is 0 Å². The van der Waals surface area contributed by atoms with E-state index in [-0.39, 0.29) is 0 Å². The fourth-order valence-electron chi connectivity index (χ4n) is 0.129. The predicted octanol–water partition coefficient (Wildman–Crippen LogP) is 1.25. The van der Waals surface area contributed by atoms with Crippen LogP contribution in [0.15, 0.2) is 6.33 Å². The molecular weight excluding hydrogens is 128 g/mol. The summed E-state index contributed by atoms with van der Waals surface area (Å²) in [5.74, 6) is 0.884. The van der Waals surface area contributed by atoms with Crippen LogP contribution in [0.4, 0.5) is 0 Å². The summed E-state index contributed by atoms with van der Waals surface area (Å²) in [5.41, 5.74) is 0. The number of tetrazole rings is 1. The number of aromatic amines is 1. The third-order valence-electron chi connectivity index (χ3n) is 1.09. The number of nitrogens with zero attached hydrogens (tertiary/aromatic N) is 3. The average molecular weight is 142 g/mol. The molecule has 0 saturated heterocycles. The van der Waals surface area contributed by atoms with E-state index in [1.165, 1.54) is 12.7 Å². The third kappa shape index (κ3) is 7.07. The molecule has 1 aromatic rings. The summed E-state index contributed by atoms with van der Waals surface area (Å²) in [6.45, 7) is 6.64. The molecule has 1 N–H and O–H groups in total. The first kappa shape index (κ1) is 9.07. The van der Waals surface area contributed by atoms with Crippen LogP contribution in [0.5, 0.6) is 0 Å². The molecule has 0 aliphatic rings. The summed E-state index contributed by atoms with van der Waals surface area (Å²) in [7, 11) is 0. The van der Waals surface area contributed by atoms with Crippen LogP contribution < -0.4 is 0 Å². The van der Waals surface area contributed by atoms with E-state index in [9.17, 15) is 0 Å². The van der Waals surface area contributed by atoms with E-state index in [0.717, 1.165) is 5.92 Å². The lowest BCUT2D eigenvalue weighted by atomic mass is 10.2. The van der Waals surface area contributed by atoms with Gasteiger partial charge in [0.15, 0.2) is 6.33 Å². The summed E-state index contributed by atoms with van der Waals surface area (Å²) in [6.07, 6.45) is 2.64. The van der Waals surface area contributed by atoms with Crippen LogP contribution >= 0.6 is 0 Å². The largest absolute Gasteiger partial charge is 0.177 e. The molecule has 0 unspecified atom stereocenters. The quantitative estimate of drug-likeness (QED) is 0.642. The van der Waals surface area contributed by atoms with Crippen molar-refractivity contribution in [3.05, 3.63) is 6.33 Å². The maximum Gasteiger partial charge on any atom is 0.161 e. The van der Waals surface area contributed by atoms with Crippen LogP contribution in [0.3, 0.4) is 0 Å². The van der Waals surface area contributed by atoms with Crippen molar-refractivity contribution in [2.24, 2.45) is 5.92 Å². The number of aromatic nitrogens is 4. The summed E-state index contributed by atoms with van der Waals surface area (Å²) >= 11 is 0. The Morgan fingerprint density at radius 2 is 2.10 bits per heavy atom. The van der Waals surface area contributed by atoms with Gasteiger partial charge in [-0.25, -0.2) is 0 Å². The van der Waals surface area contributed by atoms with Gasteiger partial charge in [-0.3, -0.25) is 0 Å². The molecular formula is C6H14N4. The summed E-state index contributed by atoms with van der Waals surface area (Å²) in [6, 6.07) is 0. The zero-order valence-corrected chi connectivity index (χ0v) is 6.70. The molecule has 4 nitrogen and oxygen atoms in total. The topological polar surface area (TPSA) is 54.5 Å². The molecule has 0 amide bonds. The number of hydrogen-bond donors (Lipinski definition) is 1. The van der Waals surface area contributed by atoms with Gasteiger partial charge in [0.25, 0.3) is 0 Å². The summed E-state index contributed by atoms with van der Waals surface area (Å²) < 4.78 is 0. The molecule has 0 fully saturated rings. The monoisotopic (exact) mass is 142 g/mol. The zero-order valence-electron chi connectivity index (χ0n) is 6.70. The minimum atomic E-state index is 0.884. The first-order valence-electron chi connectivity index (χ1n) is 3.43. The van der Waals surface area contributed by atoms with E-state index in [2.05, 4.69) is 41.4 Å². The normalized spacial score (nSPS) is 8.80. The average Bonchev–Trinajstić information content (AvgIpc) is 2.43. The molecule has 0 radical (unpaired) electrons. The highest BCUT2D eigenvalue weighted by Crippen LogP contribution is 1.93. The number of nitrogens with one attached hydrogen (secondary N) is 1. The Kier molecular flexibility index (Phi) is 5.62. The highest BCUT2D eigenvalue weighted by molar-refractivity contribution is 4.32. The molecule has 58 valence electrons. The molecule has 1 aromatic heterocycles. The minimum absolute atomic E-state index is 0.884. The smallest absolute Gasteiger partial charge is 0.161 e. The van der Waals surface area contributed by atoms with Gasteiger partial charge in [-0.2, -0.15) is 5.21 Å². The molecule has 0 saturated carbocycles. The van der Waals surface area contributed by atoms with E-state index in [1.807, 2.05) is 0 Å². The Morgan fingerprint density at radius 3 is 2.20 bits per heavy atom. The molecule has 1 rings (SSSR count). The Hall–Kier alpha value is -0.930. The Labute approximate surface area is 61.0 Å². The van der Waals surface area contributed by atoms with Gasteiger partial charge in [0.05, 0.1) is 0 Å². The summed E-state index contributed by atoms with van der Waals surface area (Å²) in [4.78, 5) is 0. The minimum Gasteiger partial charge on any atom is -0.177 e. The SMILES string of the molecule is CCC(C)C.c1nn[nH]n1. The molecule has 0 bridgehead atoms. The lowest BCUT2D eigenvalue weighted by Gasteiger charge is -1.90. The van der Waals surface area contributed by atoms with Crippen LogP contribution in [-0.4, -0.2) is 20.6 Å². The molecule has 0 aliphatic carbocycles. The van der Waals surface area contributed by atoms with Crippen molar-refractivity contribution in [2.75, 3.05) is 0 Å². The van der Waals surface area contributed by atoms with Crippen molar-refractivity contribution < 1.29 is 0 Å². The standard InChI is InChI=1S/C5H12.CH2N4/c1-4-5(2)3;1-2-4-5-3-1/h5H,4H2,1-3H3;1H,(H,2,3,4,5). The van der Waals surface area contributed by atoms with Crippen LogP contribution in [0, 0.1) is 5.92 Å². The Balaban J connectivity index is 0.000000162. The van der Waals surface area contributed by atoms with E-state index in [1.54, 1.807) is 0 Å². The van der Waals surface area contributed by atoms with E-state index in [4.69, 9.17) is 0 Å². The first-order valence-corrected chi connectivity index (χ1v) is 3.43. The predicted molar refractivity (Wildman–Crippen MR) is 39.3 cm³/mol. The molecule has 0 aromatic carbocycles. The Morgan fingerprint density at radius 1 is 1.50 bits per heavy atom. The second kappa shape index (κ2) is 6.19. The Bertz CT molecular complexity index is 107. The van der Waals surface area contributed by atoms with Crippen LogP contribution in [0.2, 0.25) is 0 Å². The highest BCUT2D eigenvalue weighted by atomic mass is 15.5. The van der Waals surface area contributed by atoms with Crippen LogP contribution in [0.1, 0.15) is 27.2 Å². The fraction of sp³-hybridized carbons (Fsp3) is 0.833. The number of rotatable bonds is 1. The fourth-order valence-corrected chi connectivity index (χ4v) is 0.129. The van der Waals surface area contributed by atoms with Crippen molar-refractivity contribution in [1.82, 2.24) is 20.6 Å². The van der Waals surface area contributed by atoms with E-state index in [0.29, 0.717) is 0 Å². The van der Waals surface area contributed by atoms with Crippen molar-refractivity contribution >= 4 is 0 Å². The van der Waals surface area contributed by atoms with Gasteiger partial charge >= 0.3 is 0 Å². The summed E-state index contributed by atoms with van der Waals surface area (Å²) in [5, 5.41) is 12.2. The molecule has 10 heavy (non-hydrogen) atoms. The zero-order chi connectivity index (χ0) is 7.82. The molecule has 0 spiro atoms. The van der Waals surface area contributed by atoms with Gasteiger partial charge in [-0.15, -0.1) is 10.2 Å². The second-order valence-electron chi connectivity index (χ2n) is 2.36. The molecule has 0 aliphatic heterocycles. The highest BCUT2D eigenvalue weighted by Gasteiger charge is 1.80. The first-order chi connectivity index (χ1) is 4.77.